The molecule has 2 unspecified atom stereocenters. The zero-order valence-electron chi connectivity index (χ0n) is 10.2. The van der Waals surface area contributed by atoms with E-state index in [0.717, 1.165) is 26.1 Å². The summed E-state index contributed by atoms with van der Waals surface area (Å²) < 4.78 is 0. The number of nitrogens with zero attached hydrogens (tertiary/aromatic N) is 2. The molecule has 1 aromatic heterocycles. The summed E-state index contributed by atoms with van der Waals surface area (Å²) in [5.74, 6) is 0. The van der Waals surface area contributed by atoms with Crippen LogP contribution in [0.5, 0.6) is 0 Å². The Morgan fingerprint density at radius 3 is 2.69 bits per heavy atom. The van der Waals surface area contributed by atoms with Crippen LogP contribution in [0, 0.1) is 0 Å². The average molecular weight is 219 g/mol. The molecule has 0 aliphatic carbocycles. The summed E-state index contributed by atoms with van der Waals surface area (Å²) >= 11 is 0. The van der Waals surface area contributed by atoms with Gasteiger partial charge in [-0.05, 0) is 26.0 Å². The fraction of sp³-hybridized carbons (Fsp3) is 0.615. The van der Waals surface area contributed by atoms with Gasteiger partial charge in [-0.15, -0.1) is 0 Å². The maximum Gasteiger partial charge on any atom is 0.0416 e. The van der Waals surface area contributed by atoms with Gasteiger partial charge in [-0.3, -0.25) is 9.88 Å². The number of rotatable bonds is 3. The van der Waals surface area contributed by atoms with Gasteiger partial charge in [0.2, 0.25) is 0 Å². The minimum atomic E-state index is 0.604. The first-order valence-corrected chi connectivity index (χ1v) is 6.12. The molecule has 0 aromatic carbocycles. The SMILES string of the molecule is CC1CN(CCc2ccccn2)CC(C)N1. The third-order valence-corrected chi connectivity index (χ3v) is 3.04. The van der Waals surface area contributed by atoms with Crippen molar-refractivity contribution in [3.05, 3.63) is 30.1 Å². The molecule has 1 fully saturated rings. The summed E-state index contributed by atoms with van der Waals surface area (Å²) in [4.78, 5) is 6.89. The number of nitrogens with one attached hydrogen (secondary N) is 1. The van der Waals surface area contributed by atoms with E-state index < -0.39 is 0 Å². The highest BCUT2D eigenvalue weighted by Gasteiger charge is 2.20. The van der Waals surface area contributed by atoms with Gasteiger partial charge < -0.3 is 5.32 Å². The third kappa shape index (κ3) is 3.29. The molecule has 0 spiro atoms. The largest absolute Gasteiger partial charge is 0.309 e. The minimum absolute atomic E-state index is 0.604. The smallest absolute Gasteiger partial charge is 0.0416 e. The number of pyridine rings is 1. The highest BCUT2D eigenvalue weighted by Crippen LogP contribution is 2.05. The van der Waals surface area contributed by atoms with Crippen LogP contribution >= 0.6 is 0 Å². The normalized spacial score (nSPS) is 26.9. The Morgan fingerprint density at radius 2 is 2.06 bits per heavy atom. The topological polar surface area (TPSA) is 28.2 Å². The van der Waals surface area contributed by atoms with E-state index in [1.807, 2.05) is 12.3 Å². The highest BCUT2D eigenvalue weighted by atomic mass is 15.2. The van der Waals surface area contributed by atoms with Crippen LogP contribution < -0.4 is 5.32 Å². The molecule has 2 rings (SSSR count). The number of hydrogen-bond donors (Lipinski definition) is 1. The number of hydrogen-bond acceptors (Lipinski definition) is 3. The fourth-order valence-corrected chi connectivity index (χ4v) is 2.44. The van der Waals surface area contributed by atoms with E-state index in [0.29, 0.717) is 12.1 Å². The van der Waals surface area contributed by atoms with Crippen LogP contribution in [0.2, 0.25) is 0 Å². The molecule has 0 bridgehead atoms. The summed E-state index contributed by atoms with van der Waals surface area (Å²) in [6.45, 7) is 7.93. The molecule has 16 heavy (non-hydrogen) atoms. The van der Waals surface area contributed by atoms with Crippen LogP contribution in [0.15, 0.2) is 24.4 Å². The Kier molecular flexibility index (Phi) is 3.91. The van der Waals surface area contributed by atoms with Crippen LogP contribution in [0.3, 0.4) is 0 Å². The number of aromatic nitrogens is 1. The monoisotopic (exact) mass is 219 g/mol. The van der Waals surface area contributed by atoms with Gasteiger partial charge in [0.15, 0.2) is 0 Å². The molecular formula is C13H21N3. The first-order chi connectivity index (χ1) is 7.74. The molecule has 1 aromatic rings. The molecule has 1 aliphatic rings. The van der Waals surface area contributed by atoms with Crippen molar-refractivity contribution in [2.45, 2.75) is 32.4 Å². The van der Waals surface area contributed by atoms with Crippen LogP contribution in [0.4, 0.5) is 0 Å². The van der Waals surface area contributed by atoms with Crippen LogP contribution in [-0.4, -0.2) is 41.6 Å². The summed E-state index contributed by atoms with van der Waals surface area (Å²) in [5, 5.41) is 3.55. The second-order valence-electron chi connectivity index (χ2n) is 4.80. The van der Waals surface area contributed by atoms with E-state index in [9.17, 15) is 0 Å². The van der Waals surface area contributed by atoms with E-state index in [4.69, 9.17) is 0 Å². The van der Waals surface area contributed by atoms with E-state index in [2.05, 4.69) is 41.2 Å². The molecule has 2 heterocycles. The van der Waals surface area contributed by atoms with Gasteiger partial charge in [0.05, 0.1) is 0 Å². The van der Waals surface area contributed by atoms with Gasteiger partial charge in [-0.1, -0.05) is 6.07 Å². The lowest BCUT2D eigenvalue weighted by molar-refractivity contribution is 0.175. The van der Waals surface area contributed by atoms with Crippen molar-refractivity contribution >= 4 is 0 Å². The average Bonchev–Trinajstić information content (AvgIpc) is 2.27. The van der Waals surface area contributed by atoms with Gasteiger partial charge in [0, 0.05) is 50.0 Å². The lowest BCUT2D eigenvalue weighted by atomic mass is 10.1. The number of piperazine rings is 1. The standard InChI is InChI=1S/C13H21N3/c1-11-9-16(10-12(2)15-11)8-6-13-5-3-4-7-14-13/h3-5,7,11-12,15H,6,8-10H2,1-2H3. The van der Waals surface area contributed by atoms with Gasteiger partial charge in [-0.25, -0.2) is 0 Å². The highest BCUT2D eigenvalue weighted by molar-refractivity contribution is 5.03. The van der Waals surface area contributed by atoms with Crippen molar-refractivity contribution < 1.29 is 0 Å². The van der Waals surface area contributed by atoms with Gasteiger partial charge in [0.1, 0.15) is 0 Å². The molecule has 1 N–H and O–H groups in total. The molecule has 3 nitrogen and oxygen atoms in total. The third-order valence-electron chi connectivity index (χ3n) is 3.04. The van der Waals surface area contributed by atoms with Gasteiger partial charge in [0.25, 0.3) is 0 Å². The van der Waals surface area contributed by atoms with E-state index >= 15 is 0 Å². The van der Waals surface area contributed by atoms with Gasteiger partial charge in [-0.2, -0.15) is 0 Å². The summed E-state index contributed by atoms with van der Waals surface area (Å²) in [6, 6.07) is 7.35. The molecule has 0 amide bonds. The van der Waals surface area contributed by atoms with Crippen molar-refractivity contribution in [3.63, 3.8) is 0 Å². The van der Waals surface area contributed by atoms with Crippen molar-refractivity contribution in [2.24, 2.45) is 0 Å². The lowest BCUT2D eigenvalue weighted by Gasteiger charge is -2.36. The molecule has 1 aliphatic heterocycles. The van der Waals surface area contributed by atoms with Crippen LogP contribution in [-0.2, 0) is 6.42 Å². The summed E-state index contributed by atoms with van der Waals surface area (Å²) in [7, 11) is 0. The first-order valence-electron chi connectivity index (χ1n) is 6.12. The molecule has 2 atom stereocenters. The Labute approximate surface area is 97.9 Å². The van der Waals surface area contributed by atoms with Crippen molar-refractivity contribution in [1.29, 1.82) is 0 Å². The summed E-state index contributed by atoms with van der Waals surface area (Å²) in [5.41, 5.74) is 1.20. The Balaban J connectivity index is 1.81. The molecular weight excluding hydrogens is 198 g/mol. The Hall–Kier alpha value is -0.930. The van der Waals surface area contributed by atoms with Crippen LogP contribution in [0.1, 0.15) is 19.5 Å². The maximum atomic E-state index is 4.36. The molecule has 1 saturated heterocycles. The fourth-order valence-electron chi connectivity index (χ4n) is 2.44. The molecule has 0 radical (unpaired) electrons. The predicted molar refractivity (Wildman–Crippen MR) is 66.4 cm³/mol. The van der Waals surface area contributed by atoms with E-state index in [-0.39, 0.29) is 0 Å². The maximum absolute atomic E-state index is 4.36. The molecule has 88 valence electrons. The van der Waals surface area contributed by atoms with Crippen LogP contribution in [0.25, 0.3) is 0 Å². The van der Waals surface area contributed by atoms with Crippen molar-refractivity contribution in [1.82, 2.24) is 15.2 Å². The minimum Gasteiger partial charge on any atom is -0.309 e. The van der Waals surface area contributed by atoms with E-state index in [1.165, 1.54) is 5.69 Å². The molecule has 0 saturated carbocycles. The Morgan fingerprint density at radius 1 is 1.31 bits per heavy atom. The zero-order chi connectivity index (χ0) is 11.4. The van der Waals surface area contributed by atoms with E-state index in [1.54, 1.807) is 0 Å². The second-order valence-corrected chi connectivity index (χ2v) is 4.80. The lowest BCUT2D eigenvalue weighted by Crippen LogP contribution is -2.54. The first kappa shape index (κ1) is 11.6. The van der Waals surface area contributed by atoms with Gasteiger partial charge >= 0.3 is 0 Å². The second kappa shape index (κ2) is 5.41. The van der Waals surface area contributed by atoms with Crippen molar-refractivity contribution in [3.8, 4) is 0 Å². The van der Waals surface area contributed by atoms with Crippen molar-refractivity contribution in [2.75, 3.05) is 19.6 Å². The Bertz CT molecular complexity index is 302. The zero-order valence-corrected chi connectivity index (χ0v) is 10.2. The predicted octanol–water partition coefficient (Wildman–Crippen LogP) is 1.31. The quantitative estimate of drug-likeness (QED) is 0.830. The summed E-state index contributed by atoms with van der Waals surface area (Å²) in [6.07, 6.45) is 2.93. The molecule has 3 heteroatoms.